The Morgan fingerprint density at radius 3 is 2.71 bits per heavy atom. The maximum atomic E-state index is 12.8. The molecule has 1 heterocycles. The summed E-state index contributed by atoms with van der Waals surface area (Å²) in [6, 6.07) is 7.69. The molecule has 0 radical (unpaired) electrons. The van der Waals surface area contributed by atoms with Crippen molar-refractivity contribution < 1.29 is 13.6 Å². The van der Waals surface area contributed by atoms with Gasteiger partial charge in [-0.25, -0.2) is 4.39 Å². The molecule has 0 bridgehead atoms. The van der Waals surface area contributed by atoms with Crippen molar-refractivity contribution in [3.05, 3.63) is 48.2 Å². The monoisotopic (exact) mass is 190 g/mol. The van der Waals surface area contributed by atoms with Gasteiger partial charge in [-0.1, -0.05) is 12.1 Å². The van der Waals surface area contributed by atoms with Gasteiger partial charge in [0.05, 0.1) is 6.26 Å². The first-order chi connectivity index (χ1) is 6.79. The largest absolute Gasteiger partial charge is 0.461 e. The first-order valence-electron chi connectivity index (χ1n) is 4.09. The highest BCUT2D eigenvalue weighted by atomic mass is 19.1. The highest BCUT2D eigenvalue weighted by Crippen LogP contribution is 2.21. The van der Waals surface area contributed by atoms with Crippen LogP contribution in [0.5, 0.6) is 0 Å². The lowest BCUT2D eigenvalue weighted by Crippen LogP contribution is -1.76. The fourth-order valence-corrected chi connectivity index (χ4v) is 1.23. The molecular formula is C11H7FO2. The van der Waals surface area contributed by atoms with E-state index in [2.05, 4.69) is 0 Å². The molecule has 2 rings (SSSR count). The van der Waals surface area contributed by atoms with Gasteiger partial charge in [0.2, 0.25) is 0 Å². The van der Waals surface area contributed by atoms with Gasteiger partial charge in [-0.3, -0.25) is 4.79 Å². The maximum absolute atomic E-state index is 12.8. The zero-order chi connectivity index (χ0) is 9.97. The lowest BCUT2D eigenvalue weighted by atomic mass is 10.1. The molecule has 14 heavy (non-hydrogen) atoms. The van der Waals surface area contributed by atoms with E-state index in [9.17, 15) is 9.18 Å². The van der Waals surface area contributed by atoms with Gasteiger partial charge in [-0.15, -0.1) is 0 Å². The van der Waals surface area contributed by atoms with Crippen LogP contribution in [0.2, 0.25) is 0 Å². The topological polar surface area (TPSA) is 30.2 Å². The fourth-order valence-electron chi connectivity index (χ4n) is 1.23. The standard InChI is InChI=1S/C11H7FO2/c12-10-3-1-2-8(4-10)9-5-11(6-13)14-7-9/h1-7H. The molecule has 0 atom stereocenters. The summed E-state index contributed by atoms with van der Waals surface area (Å²) in [4.78, 5) is 10.4. The van der Waals surface area contributed by atoms with Crippen molar-refractivity contribution in [2.45, 2.75) is 0 Å². The molecule has 0 fully saturated rings. The summed E-state index contributed by atoms with van der Waals surface area (Å²) >= 11 is 0. The summed E-state index contributed by atoms with van der Waals surface area (Å²) in [5.41, 5.74) is 1.40. The second-order valence-corrected chi connectivity index (χ2v) is 2.87. The fraction of sp³-hybridized carbons (Fsp3) is 0. The molecule has 3 heteroatoms. The lowest BCUT2D eigenvalue weighted by molar-refractivity contribution is 0.110. The Kier molecular flexibility index (Phi) is 2.14. The highest BCUT2D eigenvalue weighted by Gasteiger charge is 2.03. The third-order valence-electron chi connectivity index (χ3n) is 1.89. The average molecular weight is 190 g/mol. The first-order valence-corrected chi connectivity index (χ1v) is 4.09. The van der Waals surface area contributed by atoms with E-state index in [0.29, 0.717) is 17.4 Å². The number of hydrogen-bond acceptors (Lipinski definition) is 2. The molecule has 0 aliphatic rings. The Labute approximate surface area is 80.0 Å². The SMILES string of the molecule is O=Cc1cc(-c2cccc(F)c2)co1. The molecule has 0 N–H and O–H groups in total. The average Bonchev–Trinajstić information content (AvgIpc) is 2.66. The van der Waals surface area contributed by atoms with Gasteiger partial charge in [0.15, 0.2) is 12.0 Å². The van der Waals surface area contributed by atoms with Gasteiger partial charge in [-0.05, 0) is 23.8 Å². The molecule has 0 spiro atoms. The van der Waals surface area contributed by atoms with Crippen molar-refractivity contribution in [2.24, 2.45) is 0 Å². The van der Waals surface area contributed by atoms with Crippen LogP contribution in [0.15, 0.2) is 41.0 Å². The number of carbonyl (C=O) groups excluding carboxylic acids is 1. The Balaban J connectivity index is 2.43. The zero-order valence-corrected chi connectivity index (χ0v) is 7.24. The molecule has 0 amide bonds. The maximum Gasteiger partial charge on any atom is 0.185 e. The van der Waals surface area contributed by atoms with Crippen LogP contribution < -0.4 is 0 Å². The molecule has 0 aliphatic heterocycles. The molecule has 1 aromatic heterocycles. The van der Waals surface area contributed by atoms with Gasteiger partial charge in [0, 0.05) is 5.56 Å². The minimum Gasteiger partial charge on any atom is -0.461 e. The normalized spacial score (nSPS) is 10.1. The Bertz CT molecular complexity index is 460. The summed E-state index contributed by atoms with van der Waals surface area (Å²) in [6.07, 6.45) is 2.04. The molecule has 1 aromatic carbocycles. The van der Waals surface area contributed by atoms with Gasteiger partial charge >= 0.3 is 0 Å². The van der Waals surface area contributed by atoms with Crippen molar-refractivity contribution >= 4 is 6.29 Å². The minimum atomic E-state index is -0.309. The first kappa shape index (κ1) is 8.69. The van der Waals surface area contributed by atoms with E-state index in [4.69, 9.17) is 4.42 Å². The number of aldehydes is 1. The van der Waals surface area contributed by atoms with Crippen LogP contribution in [0.25, 0.3) is 11.1 Å². The summed E-state index contributed by atoms with van der Waals surface area (Å²) in [6.45, 7) is 0. The predicted octanol–water partition coefficient (Wildman–Crippen LogP) is 2.90. The second-order valence-electron chi connectivity index (χ2n) is 2.87. The number of furan rings is 1. The molecule has 70 valence electrons. The van der Waals surface area contributed by atoms with Gasteiger partial charge in [0.1, 0.15) is 5.82 Å². The van der Waals surface area contributed by atoms with Crippen molar-refractivity contribution in [1.82, 2.24) is 0 Å². The van der Waals surface area contributed by atoms with Crippen LogP contribution >= 0.6 is 0 Å². The third kappa shape index (κ3) is 1.57. The van der Waals surface area contributed by atoms with Crippen LogP contribution in [0.4, 0.5) is 4.39 Å². The summed E-state index contributed by atoms with van der Waals surface area (Å²) in [7, 11) is 0. The van der Waals surface area contributed by atoms with E-state index in [1.54, 1.807) is 18.2 Å². The zero-order valence-electron chi connectivity index (χ0n) is 7.24. The highest BCUT2D eigenvalue weighted by molar-refractivity contribution is 5.75. The van der Waals surface area contributed by atoms with E-state index in [1.165, 1.54) is 18.4 Å². The Morgan fingerprint density at radius 2 is 2.07 bits per heavy atom. The van der Waals surface area contributed by atoms with Crippen LogP contribution in [0, 0.1) is 5.82 Å². The molecule has 0 aliphatic carbocycles. The smallest absolute Gasteiger partial charge is 0.185 e. The van der Waals surface area contributed by atoms with Crippen LogP contribution in [-0.2, 0) is 0 Å². The third-order valence-corrected chi connectivity index (χ3v) is 1.89. The quantitative estimate of drug-likeness (QED) is 0.681. The van der Waals surface area contributed by atoms with Crippen LogP contribution in [-0.4, -0.2) is 6.29 Å². The lowest BCUT2D eigenvalue weighted by Gasteiger charge is -1.94. The van der Waals surface area contributed by atoms with Crippen molar-refractivity contribution in [1.29, 1.82) is 0 Å². The van der Waals surface area contributed by atoms with E-state index < -0.39 is 0 Å². The number of hydrogen-bond donors (Lipinski definition) is 0. The molecular weight excluding hydrogens is 183 g/mol. The molecule has 0 saturated carbocycles. The molecule has 0 saturated heterocycles. The van der Waals surface area contributed by atoms with Gasteiger partial charge in [0.25, 0.3) is 0 Å². The van der Waals surface area contributed by atoms with Crippen molar-refractivity contribution in [3.8, 4) is 11.1 Å². The Hall–Kier alpha value is -1.90. The summed E-state index contributed by atoms with van der Waals surface area (Å²) in [5, 5.41) is 0. The molecule has 0 unspecified atom stereocenters. The van der Waals surface area contributed by atoms with E-state index in [0.717, 1.165) is 0 Å². The van der Waals surface area contributed by atoms with Crippen LogP contribution in [0.3, 0.4) is 0 Å². The van der Waals surface area contributed by atoms with Gasteiger partial charge < -0.3 is 4.42 Å². The number of benzene rings is 1. The Morgan fingerprint density at radius 1 is 1.21 bits per heavy atom. The minimum absolute atomic E-state index is 0.240. The predicted molar refractivity (Wildman–Crippen MR) is 49.5 cm³/mol. The van der Waals surface area contributed by atoms with E-state index in [-0.39, 0.29) is 11.6 Å². The summed E-state index contributed by atoms with van der Waals surface area (Å²) in [5.74, 6) is -0.0689. The number of rotatable bonds is 2. The molecule has 2 aromatic rings. The molecule has 2 nitrogen and oxygen atoms in total. The second kappa shape index (κ2) is 3.46. The number of halogens is 1. The van der Waals surface area contributed by atoms with Crippen molar-refractivity contribution in [3.63, 3.8) is 0 Å². The van der Waals surface area contributed by atoms with E-state index >= 15 is 0 Å². The summed E-state index contributed by atoms with van der Waals surface area (Å²) < 4.78 is 17.8. The van der Waals surface area contributed by atoms with Crippen LogP contribution in [0.1, 0.15) is 10.6 Å². The van der Waals surface area contributed by atoms with Gasteiger partial charge in [-0.2, -0.15) is 0 Å². The number of carbonyl (C=O) groups is 1. The van der Waals surface area contributed by atoms with E-state index in [1.807, 2.05) is 0 Å². The van der Waals surface area contributed by atoms with Crippen molar-refractivity contribution in [2.75, 3.05) is 0 Å².